The van der Waals surface area contributed by atoms with E-state index in [-0.39, 0.29) is 17.9 Å². The second-order valence-electron chi connectivity index (χ2n) is 9.33. The van der Waals surface area contributed by atoms with E-state index in [1.54, 1.807) is 12.1 Å². The molecule has 0 spiro atoms. The number of hydrogen-bond donors (Lipinski definition) is 0. The van der Waals surface area contributed by atoms with Gasteiger partial charge in [0.15, 0.2) is 17.4 Å². The maximum atomic E-state index is 14.5. The summed E-state index contributed by atoms with van der Waals surface area (Å²) in [4.78, 5) is 0. The Morgan fingerprint density at radius 3 is 2.00 bits per heavy atom. The third kappa shape index (κ3) is 8.07. The molecule has 8 heteroatoms. The average Bonchev–Trinajstić information content (AvgIpc) is 2.81. The van der Waals surface area contributed by atoms with Gasteiger partial charge in [0, 0.05) is 0 Å². The fourth-order valence-electron chi connectivity index (χ4n) is 4.72. The fraction of sp³-hybridized carbons (Fsp3) is 0.556. The molecule has 0 bridgehead atoms. The molecule has 1 saturated carbocycles. The molecule has 0 N–H and O–H groups in total. The lowest BCUT2D eigenvalue weighted by molar-refractivity contribution is -0.185. The highest BCUT2D eigenvalue weighted by Gasteiger charge is 2.37. The van der Waals surface area contributed by atoms with Gasteiger partial charge in [0.05, 0.1) is 5.56 Å². The van der Waals surface area contributed by atoms with E-state index in [0.717, 1.165) is 24.3 Å². The van der Waals surface area contributed by atoms with Crippen molar-refractivity contribution in [3.63, 3.8) is 0 Å². The molecule has 2 aromatic carbocycles. The largest absolute Gasteiger partial charge is 0.429 e. The van der Waals surface area contributed by atoms with Gasteiger partial charge in [-0.2, -0.15) is 17.6 Å². The summed E-state index contributed by atoms with van der Waals surface area (Å²) in [7, 11) is 0. The first kappa shape index (κ1) is 27.2. The molecule has 0 aromatic heterocycles. The maximum absolute atomic E-state index is 14.5. The van der Waals surface area contributed by atoms with Crippen LogP contribution in [0.5, 0.6) is 11.5 Å². The third-order valence-corrected chi connectivity index (χ3v) is 6.73. The number of rotatable bonds is 12. The zero-order chi connectivity index (χ0) is 25.4. The van der Waals surface area contributed by atoms with Crippen LogP contribution < -0.4 is 9.47 Å². The first-order valence-electron chi connectivity index (χ1n) is 12.3. The predicted octanol–water partition coefficient (Wildman–Crippen LogP) is 9.01. The molecule has 0 aliphatic heterocycles. The van der Waals surface area contributed by atoms with Crippen LogP contribution in [-0.4, -0.2) is 6.61 Å². The number of halogens is 6. The Balaban J connectivity index is 1.51. The standard InChI is InChI=1S/C27H32F6O2/c1-2-3-4-5-18-6-8-19(9-7-18)10-11-20-12-14-22(15-13-20)35-27(32,33)21-16-23(28)25(24(29)17-21)34-26(30)31/h12-19,26H,2-11H2,1H3. The summed E-state index contributed by atoms with van der Waals surface area (Å²) >= 11 is 0. The van der Waals surface area contributed by atoms with E-state index in [2.05, 4.69) is 16.4 Å². The van der Waals surface area contributed by atoms with Gasteiger partial charge in [0.1, 0.15) is 5.75 Å². The molecule has 0 amide bonds. The number of ether oxygens (including phenoxy) is 2. The van der Waals surface area contributed by atoms with Gasteiger partial charge in [-0.25, -0.2) is 8.78 Å². The first-order valence-corrected chi connectivity index (χ1v) is 12.3. The van der Waals surface area contributed by atoms with Crippen LogP contribution in [-0.2, 0) is 12.5 Å². The van der Waals surface area contributed by atoms with Crippen LogP contribution in [0.25, 0.3) is 0 Å². The van der Waals surface area contributed by atoms with E-state index in [4.69, 9.17) is 0 Å². The van der Waals surface area contributed by atoms with Crippen LogP contribution in [0, 0.1) is 23.5 Å². The molecule has 2 nitrogen and oxygen atoms in total. The summed E-state index contributed by atoms with van der Waals surface area (Å²) < 4.78 is 89.4. The molecule has 2 aromatic rings. The van der Waals surface area contributed by atoms with Crippen molar-refractivity contribution in [2.45, 2.75) is 83.9 Å². The fourth-order valence-corrected chi connectivity index (χ4v) is 4.72. The number of unbranched alkanes of at least 4 members (excludes halogenated alkanes) is 2. The molecule has 3 rings (SSSR count). The quantitative estimate of drug-likeness (QED) is 0.213. The molecule has 1 fully saturated rings. The van der Waals surface area contributed by atoms with Gasteiger partial charge in [-0.05, 0) is 54.5 Å². The monoisotopic (exact) mass is 502 g/mol. The minimum absolute atomic E-state index is 0.180. The van der Waals surface area contributed by atoms with Crippen LogP contribution >= 0.6 is 0 Å². The zero-order valence-corrected chi connectivity index (χ0v) is 19.9. The van der Waals surface area contributed by atoms with Crippen molar-refractivity contribution in [2.24, 2.45) is 11.8 Å². The first-order chi connectivity index (χ1) is 16.7. The Labute approximate surface area is 202 Å². The Hall–Kier alpha value is -2.38. The second-order valence-corrected chi connectivity index (χ2v) is 9.33. The van der Waals surface area contributed by atoms with Crippen LogP contribution in [0.1, 0.15) is 75.8 Å². The summed E-state index contributed by atoms with van der Waals surface area (Å²) in [5.41, 5.74) is -0.153. The minimum Gasteiger partial charge on any atom is -0.429 e. The summed E-state index contributed by atoms with van der Waals surface area (Å²) in [5.74, 6) is -3.41. The predicted molar refractivity (Wildman–Crippen MR) is 122 cm³/mol. The highest BCUT2D eigenvalue weighted by Crippen LogP contribution is 2.37. The van der Waals surface area contributed by atoms with E-state index in [1.165, 1.54) is 63.5 Å². The molecule has 0 radical (unpaired) electrons. The third-order valence-electron chi connectivity index (χ3n) is 6.73. The molecule has 0 saturated heterocycles. The van der Waals surface area contributed by atoms with Crippen molar-refractivity contribution in [1.29, 1.82) is 0 Å². The molecule has 35 heavy (non-hydrogen) atoms. The maximum Gasteiger partial charge on any atom is 0.426 e. The lowest BCUT2D eigenvalue weighted by Crippen LogP contribution is -2.22. The topological polar surface area (TPSA) is 18.5 Å². The van der Waals surface area contributed by atoms with E-state index in [0.29, 0.717) is 5.92 Å². The van der Waals surface area contributed by atoms with E-state index < -0.39 is 35.7 Å². The molecular weight excluding hydrogens is 470 g/mol. The van der Waals surface area contributed by atoms with Crippen molar-refractivity contribution in [3.8, 4) is 11.5 Å². The normalized spacial score (nSPS) is 18.6. The summed E-state index contributed by atoms with van der Waals surface area (Å²) in [6, 6.07) is 6.59. The van der Waals surface area contributed by atoms with Crippen molar-refractivity contribution in [3.05, 3.63) is 59.2 Å². The van der Waals surface area contributed by atoms with E-state index in [9.17, 15) is 26.3 Å². The minimum atomic E-state index is -4.08. The van der Waals surface area contributed by atoms with Crippen molar-refractivity contribution < 1.29 is 35.8 Å². The van der Waals surface area contributed by atoms with Gasteiger partial charge < -0.3 is 9.47 Å². The van der Waals surface area contributed by atoms with Gasteiger partial charge in [0.25, 0.3) is 0 Å². The van der Waals surface area contributed by atoms with Gasteiger partial charge in [0.2, 0.25) is 0 Å². The van der Waals surface area contributed by atoms with Crippen LogP contribution in [0.2, 0.25) is 0 Å². The van der Waals surface area contributed by atoms with Crippen molar-refractivity contribution >= 4 is 0 Å². The molecule has 1 aliphatic carbocycles. The highest BCUT2D eigenvalue weighted by atomic mass is 19.3. The molecule has 0 unspecified atom stereocenters. The molecule has 194 valence electrons. The number of benzene rings is 2. The van der Waals surface area contributed by atoms with Crippen LogP contribution in [0.4, 0.5) is 26.3 Å². The van der Waals surface area contributed by atoms with Crippen molar-refractivity contribution in [2.75, 3.05) is 0 Å². The molecule has 0 heterocycles. The van der Waals surface area contributed by atoms with Gasteiger partial charge in [-0.15, -0.1) is 0 Å². The summed E-state index contributed by atoms with van der Waals surface area (Å²) in [6.45, 7) is -1.27. The lowest BCUT2D eigenvalue weighted by Gasteiger charge is -2.28. The average molecular weight is 503 g/mol. The number of hydrogen-bond acceptors (Lipinski definition) is 2. The number of aryl methyl sites for hydroxylation is 1. The van der Waals surface area contributed by atoms with Crippen LogP contribution in [0.3, 0.4) is 0 Å². The summed E-state index contributed by atoms with van der Waals surface area (Å²) in [5, 5.41) is 0. The zero-order valence-electron chi connectivity index (χ0n) is 19.9. The Morgan fingerprint density at radius 1 is 0.886 bits per heavy atom. The second kappa shape index (κ2) is 12.5. The van der Waals surface area contributed by atoms with Crippen molar-refractivity contribution in [1.82, 2.24) is 0 Å². The van der Waals surface area contributed by atoms with E-state index in [1.807, 2.05) is 0 Å². The molecular formula is C27H32F6O2. The Bertz CT molecular complexity index is 901. The smallest absolute Gasteiger partial charge is 0.426 e. The lowest BCUT2D eigenvalue weighted by atomic mass is 9.78. The molecule has 1 aliphatic rings. The Morgan fingerprint density at radius 2 is 1.46 bits per heavy atom. The Kier molecular flexibility index (Phi) is 9.75. The van der Waals surface area contributed by atoms with Gasteiger partial charge in [-0.1, -0.05) is 70.4 Å². The SMILES string of the molecule is CCCCCC1CCC(CCc2ccc(OC(F)(F)c3cc(F)c(OC(F)F)c(F)c3)cc2)CC1. The summed E-state index contributed by atoms with van der Waals surface area (Å²) in [6.07, 6.45) is 8.05. The van der Waals surface area contributed by atoms with E-state index >= 15 is 0 Å². The number of alkyl halides is 4. The highest BCUT2D eigenvalue weighted by molar-refractivity contribution is 5.34. The van der Waals surface area contributed by atoms with Gasteiger partial charge in [-0.3, -0.25) is 0 Å². The van der Waals surface area contributed by atoms with Crippen LogP contribution in [0.15, 0.2) is 36.4 Å². The molecule has 0 atom stereocenters. The van der Waals surface area contributed by atoms with Gasteiger partial charge >= 0.3 is 12.7 Å².